The van der Waals surface area contributed by atoms with Gasteiger partial charge in [0.2, 0.25) is 0 Å². The molecule has 0 saturated carbocycles. The van der Waals surface area contributed by atoms with Crippen molar-refractivity contribution in [2.24, 2.45) is 10.7 Å². The van der Waals surface area contributed by atoms with E-state index in [4.69, 9.17) is 5.73 Å². The number of sulfone groups is 1. The van der Waals surface area contributed by atoms with Gasteiger partial charge in [-0.25, -0.2) is 8.42 Å². The molecule has 0 radical (unpaired) electrons. The third-order valence-corrected chi connectivity index (χ3v) is 3.96. The van der Waals surface area contributed by atoms with Crippen molar-refractivity contribution >= 4 is 15.8 Å². The molecule has 1 rings (SSSR count). The van der Waals surface area contributed by atoms with Crippen molar-refractivity contribution < 1.29 is 8.42 Å². The van der Waals surface area contributed by atoms with Gasteiger partial charge in [0.25, 0.3) is 0 Å². The quantitative estimate of drug-likeness (QED) is 0.484. The predicted molar refractivity (Wildman–Crippen MR) is 57.0 cm³/mol. The highest BCUT2D eigenvalue weighted by Crippen LogP contribution is 2.11. The molecule has 1 atom stereocenters. The van der Waals surface area contributed by atoms with Gasteiger partial charge in [-0.3, -0.25) is 4.99 Å². The monoisotopic (exact) mass is 219 g/mol. The average molecular weight is 219 g/mol. The molecule has 5 nitrogen and oxygen atoms in total. The van der Waals surface area contributed by atoms with E-state index < -0.39 is 9.84 Å². The van der Waals surface area contributed by atoms with Crippen molar-refractivity contribution in [3.8, 4) is 0 Å². The minimum atomic E-state index is -2.87. The fourth-order valence-corrected chi connectivity index (χ4v) is 3.20. The van der Waals surface area contributed by atoms with Crippen LogP contribution in [0, 0.1) is 0 Å². The highest BCUT2D eigenvalue weighted by Gasteiger charge is 2.24. The number of guanidine groups is 1. The Bertz CT molecular complexity index is 311. The lowest BCUT2D eigenvalue weighted by Gasteiger charge is -2.23. The highest BCUT2D eigenvalue weighted by atomic mass is 32.2. The van der Waals surface area contributed by atoms with Crippen LogP contribution in [0.15, 0.2) is 4.99 Å². The SMILES string of the molecule is CCN=C(N)NC1CCCS(=O)(=O)C1. The van der Waals surface area contributed by atoms with E-state index in [1.807, 2.05) is 6.92 Å². The zero-order valence-corrected chi connectivity index (χ0v) is 9.18. The first-order chi connectivity index (χ1) is 6.53. The molecule has 6 heteroatoms. The Labute approximate surface area is 84.7 Å². The summed E-state index contributed by atoms with van der Waals surface area (Å²) in [6.07, 6.45) is 1.55. The average Bonchev–Trinajstić information content (AvgIpc) is 2.02. The normalized spacial score (nSPS) is 27.2. The van der Waals surface area contributed by atoms with Crippen LogP contribution in [0.4, 0.5) is 0 Å². The van der Waals surface area contributed by atoms with Crippen LogP contribution in [-0.4, -0.2) is 38.5 Å². The van der Waals surface area contributed by atoms with Crippen molar-refractivity contribution in [3.63, 3.8) is 0 Å². The summed E-state index contributed by atoms with van der Waals surface area (Å²) in [7, 11) is -2.87. The van der Waals surface area contributed by atoms with Gasteiger partial charge < -0.3 is 11.1 Å². The largest absolute Gasteiger partial charge is 0.370 e. The molecule has 1 aliphatic heterocycles. The molecule has 3 N–H and O–H groups in total. The van der Waals surface area contributed by atoms with Crippen molar-refractivity contribution in [1.29, 1.82) is 0 Å². The summed E-state index contributed by atoms with van der Waals surface area (Å²) in [6.45, 7) is 2.49. The summed E-state index contributed by atoms with van der Waals surface area (Å²) in [6, 6.07) is -0.0657. The lowest BCUT2D eigenvalue weighted by Crippen LogP contribution is -2.46. The molecule has 14 heavy (non-hydrogen) atoms. The molecule has 82 valence electrons. The van der Waals surface area contributed by atoms with Crippen molar-refractivity contribution in [3.05, 3.63) is 0 Å². The van der Waals surface area contributed by atoms with Gasteiger partial charge in [-0.1, -0.05) is 0 Å². The van der Waals surface area contributed by atoms with Gasteiger partial charge in [-0.2, -0.15) is 0 Å². The first-order valence-corrected chi connectivity index (χ1v) is 6.62. The fourth-order valence-electron chi connectivity index (χ4n) is 1.56. The molecule has 0 aliphatic carbocycles. The highest BCUT2D eigenvalue weighted by molar-refractivity contribution is 7.91. The van der Waals surface area contributed by atoms with Gasteiger partial charge in [0.15, 0.2) is 15.8 Å². The van der Waals surface area contributed by atoms with Crippen molar-refractivity contribution in [2.45, 2.75) is 25.8 Å². The lowest BCUT2D eigenvalue weighted by molar-refractivity contribution is 0.530. The molecular weight excluding hydrogens is 202 g/mol. The molecule has 1 fully saturated rings. The molecule has 0 aromatic carbocycles. The number of rotatable bonds is 2. The number of aliphatic imine (C=N–C) groups is 1. The Morgan fingerprint density at radius 2 is 2.36 bits per heavy atom. The second kappa shape index (κ2) is 4.63. The maximum atomic E-state index is 11.3. The predicted octanol–water partition coefficient (Wildman–Crippen LogP) is -0.512. The second-order valence-corrected chi connectivity index (χ2v) is 5.69. The van der Waals surface area contributed by atoms with Crippen molar-refractivity contribution in [2.75, 3.05) is 18.1 Å². The Morgan fingerprint density at radius 3 is 2.93 bits per heavy atom. The van der Waals surface area contributed by atoms with Crippen LogP contribution in [-0.2, 0) is 9.84 Å². The Kier molecular flexibility index (Phi) is 3.74. The first-order valence-electron chi connectivity index (χ1n) is 4.80. The minimum Gasteiger partial charge on any atom is -0.370 e. The van der Waals surface area contributed by atoms with E-state index in [0.717, 1.165) is 6.42 Å². The summed E-state index contributed by atoms with van der Waals surface area (Å²) in [5, 5.41) is 2.92. The number of nitrogens with two attached hydrogens (primary N) is 1. The molecule has 1 saturated heterocycles. The van der Waals surface area contributed by atoms with Crippen LogP contribution >= 0.6 is 0 Å². The summed E-state index contributed by atoms with van der Waals surface area (Å²) in [5.74, 6) is 0.817. The van der Waals surface area contributed by atoms with E-state index >= 15 is 0 Å². The van der Waals surface area contributed by atoms with Gasteiger partial charge in [0, 0.05) is 12.6 Å². The maximum Gasteiger partial charge on any atom is 0.188 e. The van der Waals surface area contributed by atoms with E-state index in [-0.39, 0.29) is 11.8 Å². The molecular formula is C8H17N3O2S. The zero-order valence-electron chi connectivity index (χ0n) is 8.36. The van der Waals surface area contributed by atoms with E-state index in [2.05, 4.69) is 10.3 Å². The smallest absolute Gasteiger partial charge is 0.188 e. The number of nitrogens with one attached hydrogen (secondary N) is 1. The van der Waals surface area contributed by atoms with Gasteiger partial charge in [-0.05, 0) is 19.8 Å². The summed E-state index contributed by atoms with van der Waals surface area (Å²) < 4.78 is 22.6. The molecule has 0 bridgehead atoms. The van der Waals surface area contributed by atoms with Gasteiger partial charge in [0.1, 0.15) is 0 Å². The minimum absolute atomic E-state index is 0.0657. The number of hydrogen-bond acceptors (Lipinski definition) is 3. The van der Waals surface area contributed by atoms with E-state index in [1.54, 1.807) is 0 Å². The van der Waals surface area contributed by atoms with Gasteiger partial charge >= 0.3 is 0 Å². The Hall–Kier alpha value is -0.780. The second-order valence-electron chi connectivity index (χ2n) is 3.46. The van der Waals surface area contributed by atoms with Crippen LogP contribution in [0.5, 0.6) is 0 Å². The molecule has 1 unspecified atom stereocenters. The molecule has 0 amide bonds. The lowest BCUT2D eigenvalue weighted by atomic mass is 10.2. The zero-order chi connectivity index (χ0) is 10.6. The summed E-state index contributed by atoms with van der Waals surface area (Å²) in [5.41, 5.74) is 5.55. The number of nitrogens with zero attached hydrogens (tertiary/aromatic N) is 1. The molecule has 0 aromatic heterocycles. The molecule has 1 aliphatic rings. The Morgan fingerprint density at radius 1 is 1.64 bits per heavy atom. The van der Waals surface area contributed by atoms with E-state index in [1.165, 1.54) is 0 Å². The summed E-state index contributed by atoms with van der Waals surface area (Å²) in [4.78, 5) is 3.95. The molecule has 1 heterocycles. The first kappa shape index (κ1) is 11.3. The maximum absolute atomic E-state index is 11.3. The van der Waals surface area contributed by atoms with E-state index in [9.17, 15) is 8.42 Å². The van der Waals surface area contributed by atoms with Crippen molar-refractivity contribution in [1.82, 2.24) is 5.32 Å². The third-order valence-electron chi connectivity index (χ3n) is 2.14. The fraction of sp³-hybridized carbons (Fsp3) is 0.875. The van der Waals surface area contributed by atoms with Crippen LogP contribution in [0.25, 0.3) is 0 Å². The standard InChI is InChI=1S/C8H17N3O2S/c1-2-10-8(9)11-7-4-3-5-14(12,13)6-7/h7H,2-6H2,1H3,(H3,9,10,11). The topological polar surface area (TPSA) is 84.5 Å². The van der Waals surface area contributed by atoms with Crippen LogP contribution in [0.1, 0.15) is 19.8 Å². The van der Waals surface area contributed by atoms with Gasteiger partial charge in [-0.15, -0.1) is 0 Å². The Balaban J connectivity index is 2.50. The molecule has 0 spiro atoms. The van der Waals surface area contributed by atoms with E-state index in [0.29, 0.717) is 24.7 Å². The van der Waals surface area contributed by atoms with Crippen LogP contribution in [0.3, 0.4) is 0 Å². The van der Waals surface area contributed by atoms with Crippen LogP contribution < -0.4 is 11.1 Å². The molecule has 0 aromatic rings. The summed E-state index contributed by atoms with van der Waals surface area (Å²) >= 11 is 0. The number of hydrogen-bond donors (Lipinski definition) is 2. The van der Waals surface area contributed by atoms with Gasteiger partial charge in [0.05, 0.1) is 11.5 Å². The third kappa shape index (κ3) is 3.53. The van der Waals surface area contributed by atoms with Crippen LogP contribution in [0.2, 0.25) is 0 Å².